The average molecular weight is 296 g/mol. The maximum absolute atomic E-state index is 11.1. The van der Waals surface area contributed by atoms with Crippen molar-refractivity contribution >= 4 is 16.3 Å². The summed E-state index contributed by atoms with van der Waals surface area (Å²) in [7, 11) is -4.49. The van der Waals surface area contributed by atoms with E-state index in [0.717, 1.165) is 25.0 Å². The van der Waals surface area contributed by atoms with E-state index in [2.05, 4.69) is 0 Å². The van der Waals surface area contributed by atoms with Gasteiger partial charge in [0.1, 0.15) is 15.9 Å². The third-order valence-electron chi connectivity index (χ3n) is 2.03. The molecule has 0 atom stereocenters. The van der Waals surface area contributed by atoms with Crippen molar-refractivity contribution in [2.45, 2.75) is 24.7 Å². The van der Waals surface area contributed by atoms with Gasteiger partial charge in [0.2, 0.25) is 0 Å². The van der Waals surface area contributed by atoms with Gasteiger partial charge in [0.25, 0.3) is 0 Å². The van der Waals surface area contributed by atoms with E-state index < -0.39 is 16.3 Å². The Morgan fingerprint density at radius 3 is 2.32 bits per heavy atom. The summed E-state index contributed by atoms with van der Waals surface area (Å²) in [6.45, 7) is 2.22. The molecule has 6 nitrogen and oxygen atoms in total. The van der Waals surface area contributed by atoms with E-state index in [4.69, 9.17) is 9.47 Å². The van der Waals surface area contributed by atoms with Crippen molar-refractivity contribution in [1.82, 2.24) is 0 Å². The van der Waals surface area contributed by atoms with Gasteiger partial charge < -0.3 is 14.0 Å². The number of hydrogen-bond donors (Lipinski definition) is 0. The maximum atomic E-state index is 11.1. The SMILES string of the molecule is CCCCOC(=O)Oc1ccc(S(=O)(=O)[O-])cc1.[Na+]. The molecule has 8 heteroatoms. The van der Waals surface area contributed by atoms with Crippen molar-refractivity contribution in [3.05, 3.63) is 24.3 Å². The predicted molar refractivity (Wildman–Crippen MR) is 61.3 cm³/mol. The topological polar surface area (TPSA) is 92.7 Å². The van der Waals surface area contributed by atoms with Gasteiger partial charge in [-0.15, -0.1) is 0 Å². The average Bonchev–Trinajstić information content (AvgIpc) is 2.29. The van der Waals surface area contributed by atoms with Gasteiger partial charge in [-0.05, 0) is 30.7 Å². The Kier molecular flexibility index (Phi) is 8.28. The van der Waals surface area contributed by atoms with Crippen molar-refractivity contribution in [2.75, 3.05) is 6.61 Å². The molecule has 0 aromatic heterocycles. The van der Waals surface area contributed by atoms with E-state index in [1.54, 1.807) is 0 Å². The molecular formula is C11H13NaO6S. The van der Waals surface area contributed by atoms with Crippen molar-refractivity contribution < 1.29 is 56.8 Å². The van der Waals surface area contributed by atoms with Crippen LogP contribution in [0.5, 0.6) is 5.75 Å². The van der Waals surface area contributed by atoms with Gasteiger partial charge in [-0.3, -0.25) is 0 Å². The Morgan fingerprint density at radius 1 is 1.26 bits per heavy atom. The molecule has 0 spiro atoms. The van der Waals surface area contributed by atoms with Crippen LogP contribution < -0.4 is 34.3 Å². The fraction of sp³-hybridized carbons (Fsp3) is 0.364. The van der Waals surface area contributed by atoms with Gasteiger partial charge in [0.05, 0.1) is 11.5 Å². The second-order valence-electron chi connectivity index (χ2n) is 3.48. The molecule has 0 amide bonds. The molecule has 0 aliphatic rings. The molecule has 0 saturated carbocycles. The number of unbranched alkanes of at least 4 members (excludes halogenated alkanes) is 1. The second kappa shape index (κ2) is 8.55. The summed E-state index contributed by atoms with van der Waals surface area (Å²) >= 11 is 0. The van der Waals surface area contributed by atoms with Crippen molar-refractivity contribution in [1.29, 1.82) is 0 Å². The van der Waals surface area contributed by atoms with Gasteiger partial charge in [-0.2, -0.15) is 0 Å². The molecule has 1 aromatic carbocycles. The molecule has 0 saturated heterocycles. The van der Waals surface area contributed by atoms with Crippen LogP contribution in [0, 0.1) is 0 Å². The molecule has 0 aliphatic carbocycles. The van der Waals surface area contributed by atoms with Gasteiger partial charge in [0.15, 0.2) is 0 Å². The first-order valence-electron chi connectivity index (χ1n) is 5.34. The molecule has 0 radical (unpaired) electrons. The van der Waals surface area contributed by atoms with E-state index in [9.17, 15) is 17.8 Å². The third-order valence-corrected chi connectivity index (χ3v) is 2.88. The van der Waals surface area contributed by atoms with Gasteiger partial charge in [-0.25, -0.2) is 13.2 Å². The molecule has 0 unspecified atom stereocenters. The van der Waals surface area contributed by atoms with Crippen LogP contribution in [-0.4, -0.2) is 25.7 Å². The summed E-state index contributed by atoms with van der Waals surface area (Å²) in [5, 5.41) is 0. The molecule has 100 valence electrons. The zero-order valence-electron chi connectivity index (χ0n) is 10.8. The third kappa shape index (κ3) is 6.93. The van der Waals surface area contributed by atoms with Crippen molar-refractivity contribution in [3.8, 4) is 5.75 Å². The van der Waals surface area contributed by atoms with E-state index in [1.807, 2.05) is 6.92 Å². The summed E-state index contributed by atoms with van der Waals surface area (Å²) in [5.41, 5.74) is 0. The number of ether oxygens (including phenoxy) is 2. The fourth-order valence-corrected chi connectivity index (χ4v) is 1.57. The molecule has 0 N–H and O–H groups in total. The fourth-order valence-electron chi connectivity index (χ4n) is 1.10. The number of hydrogen-bond acceptors (Lipinski definition) is 6. The Labute approximate surface area is 134 Å². The largest absolute Gasteiger partial charge is 1.00 e. The summed E-state index contributed by atoms with van der Waals surface area (Å²) in [5.74, 6) is 0.115. The number of benzene rings is 1. The first kappa shape index (κ1) is 18.4. The molecule has 0 heterocycles. The zero-order valence-corrected chi connectivity index (χ0v) is 13.6. The quantitative estimate of drug-likeness (QED) is 0.225. The number of carbonyl (C=O) groups is 1. The standard InChI is InChI=1S/C11H14O6S.Na/c1-2-3-8-16-11(12)17-9-4-6-10(7-5-9)18(13,14)15;/h4-7H,2-3,8H2,1H3,(H,13,14,15);/q;+1/p-1. The van der Waals surface area contributed by atoms with Crippen LogP contribution in [0.2, 0.25) is 0 Å². The summed E-state index contributed by atoms with van der Waals surface area (Å²) < 4.78 is 41.5. The van der Waals surface area contributed by atoms with Crippen LogP contribution in [0.3, 0.4) is 0 Å². The minimum Gasteiger partial charge on any atom is -0.744 e. The summed E-state index contributed by atoms with van der Waals surface area (Å²) in [6.07, 6.45) is 0.771. The van der Waals surface area contributed by atoms with Crippen LogP contribution in [-0.2, 0) is 14.9 Å². The zero-order chi connectivity index (χ0) is 13.6. The van der Waals surface area contributed by atoms with E-state index in [-0.39, 0.29) is 46.8 Å². The minimum absolute atomic E-state index is 0. The Hall–Kier alpha value is -0.600. The van der Waals surface area contributed by atoms with E-state index in [1.165, 1.54) is 12.1 Å². The maximum Gasteiger partial charge on any atom is 1.00 e. The van der Waals surface area contributed by atoms with Crippen LogP contribution in [0.1, 0.15) is 19.8 Å². The number of carbonyl (C=O) groups excluding carboxylic acids is 1. The Balaban J connectivity index is 0.00000324. The first-order chi connectivity index (χ1) is 8.43. The van der Waals surface area contributed by atoms with Crippen LogP contribution >= 0.6 is 0 Å². The molecule has 19 heavy (non-hydrogen) atoms. The number of rotatable bonds is 5. The minimum atomic E-state index is -4.49. The molecule has 0 fully saturated rings. The predicted octanol–water partition coefficient (Wildman–Crippen LogP) is -1.09. The Morgan fingerprint density at radius 2 is 1.84 bits per heavy atom. The molecule has 1 aromatic rings. The van der Waals surface area contributed by atoms with Gasteiger partial charge in [0, 0.05) is 0 Å². The Bertz CT molecular complexity index is 496. The summed E-state index contributed by atoms with van der Waals surface area (Å²) in [6, 6.07) is 4.56. The van der Waals surface area contributed by atoms with E-state index in [0.29, 0.717) is 0 Å². The van der Waals surface area contributed by atoms with Crippen molar-refractivity contribution in [3.63, 3.8) is 0 Å². The van der Waals surface area contributed by atoms with Crippen LogP contribution in [0.15, 0.2) is 29.2 Å². The first-order valence-corrected chi connectivity index (χ1v) is 6.75. The van der Waals surface area contributed by atoms with Crippen molar-refractivity contribution in [2.24, 2.45) is 0 Å². The van der Waals surface area contributed by atoms with Gasteiger partial charge in [-0.1, -0.05) is 13.3 Å². The molecule has 0 bridgehead atoms. The van der Waals surface area contributed by atoms with Gasteiger partial charge >= 0.3 is 35.7 Å². The van der Waals surface area contributed by atoms with E-state index >= 15 is 0 Å². The molecular weight excluding hydrogens is 283 g/mol. The van der Waals surface area contributed by atoms with Crippen LogP contribution in [0.25, 0.3) is 0 Å². The summed E-state index contributed by atoms with van der Waals surface area (Å²) in [4.78, 5) is 10.8. The second-order valence-corrected chi connectivity index (χ2v) is 4.86. The van der Waals surface area contributed by atoms with Crippen LogP contribution in [0.4, 0.5) is 4.79 Å². The smallest absolute Gasteiger partial charge is 0.744 e. The molecule has 0 aliphatic heterocycles. The molecule has 1 rings (SSSR count). The monoisotopic (exact) mass is 296 g/mol. The normalized spacial score (nSPS) is 10.4.